The molecule has 4 amide bonds. The normalized spacial score (nSPS) is 15.0. The Labute approximate surface area is 215 Å². The standard InChI is InChI=1S/C23H35N5O7S/c1-3-12(2)19(22(33)27-17(23(34)35)10-13-4-6-14(29)7-5-13)28-21(32)16(8-9-18(25)30)26-20(31)15(24)11-36/h4-7,12,15-17,19,29,36H,3,8-11,24H2,1-2H3,(H2,25,30)(H,26,31)(H,27,33)(H,28,32)(H,34,35). The summed E-state index contributed by atoms with van der Waals surface area (Å²) in [6.07, 6.45) is 0.0837. The molecule has 9 N–H and O–H groups in total. The van der Waals surface area contributed by atoms with E-state index in [0.29, 0.717) is 12.0 Å². The molecule has 1 rings (SSSR count). The Morgan fingerprint density at radius 2 is 1.56 bits per heavy atom. The number of carbonyl (C=O) groups excluding carboxylic acids is 4. The van der Waals surface area contributed by atoms with Crippen LogP contribution in [-0.2, 0) is 30.4 Å². The predicted octanol–water partition coefficient (Wildman–Crippen LogP) is -0.958. The number of thiol groups is 1. The lowest BCUT2D eigenvalue weighted by Crippen LogP contribution is -2.59. The minimum Gasteiger partial charge on any atom is -0.508 e. The summed E-state index contributed by atoms with van der Waals surface area (Å²) in [6, 6.07) is 1.24. The maximum absolute atomic E-state index is 13.1. The van der Waals surface area contributed by atoms with Gasteiger partial charge in [0.05, 0.1) is 6.04 Å². The highest BCUT2D eigenvalue weighted by molar-refractivity contribution is 7.80. The summed E-state index contributed by atoms with van der Waals surface area (Å²) in [5.41, 5.74) is 11.4. The molecule has 0 aromatic heterocycles. The van der Waals surface area contributed by atoms with Crippen LogP contribution in [0.1, 0.15) is 38.7 Å². The highest BCUT2D eigenvalue weighted by Crippen LogP contribution is 2.13. The van der Waals surface area contributed by atoms with E-state index in [1.54, 1.807) is 13.8 Å². The van der Waals surface area contributed by atoms with Gasteiger partial charge in [0.1, 0.15) is 23.9 Å². The SMILES string of the molecule is CCC(C)C(NC(=O)C(CCC(N)=O)NC(=O)C(N)CS)C(=O)NC(Cc1ccc(O)cc1)C(=O)O. The van der Waals surface area contributed by atoms with Crippen LogP contribution in [0.15, 0.2) is 24.3 Å². The summed E-state index contributed by atoms with van der Waals surface area (Å²) >= 11 is 3.95. The first-order chi connectivity index (χ1) is 16.9. The molecule has 0 bridgehead atoms. The first-order valence-corrected chi connectivity index (χ1v) is 12.1. The number of hydrogen-bond donors (Lipinski definition) is 8. The second-order valence-corrected chi connectivity index (χ2v) is 8.86. The van der Waals surface area contributed by atoms with Gasteiger partial charge in [-0.05, 0) is 30.0 Å². The number of rotatable bonds is 15. The van der Waals surface area contributed by atoms with E-state index in [1.165, 1.54) is 24.3 Å². The number of amides is 4. The third kappa shape index (κ3) is 10.1. The number of hydrogen-bond acceptors (Lipinski definition) is 8. The lowest BCUT2D eigenvalue weighted by atomic mass is 9.96. The Morgan fingerprint density at radius 3 is 2.06 bits per heavy atom. The van der Waals surface area contributed by atoms with E-state index < -0.39 is 59.7 Å². The van der Waals surface area contributed by atoms with Crippen LogP contribution < -0.4 is 27.4 Å². The van der Waals surface area contributed by atoms with Gasteiger partial charge in [-0.2, -0.15) is 12.6 Å². The molecule has 12 nitrogen and oxygen atoms in total. The van der Waals surface area contributed by atoms with Gasteiger partial charge in [-0.3, -0.25) is 19.2 Å². The van der Waals surface area contributed by atoms with E-state index in [2.05, 4.69) is 28.6 Å². The van der Waals surface area contributed by atoms with Crippen molar-refractivity contribution < 1.29 is 34.2 Å². The van der Waals surface area contributed by atoms with Crippen molar-refractivity contribution in [3.8, 4) is 5.75 Å². The Bertz CT molecular complexity index is 928. The summed E-state index contributed by atoms with van der Waals surface area (Å²) < 4.78 is 0. The van der Waals surface area contributed by atoms with Gasteiger partial charge in [0.25, 0.3) is 0 Å². The van der Waals surface area contributed by atoms with E-state index in [0.717, 1.165) is 0 Å². The van der Waals surface area contributed by atoms with Crippen LogP contribution in [0.25, 0.3) is 0 Å². The molecule has 5 atom stereocenters. The Hall–Kier alpha value is -3.32. The largest absolute Gasteiger partial charge is 0.508 e. The van der Waals surface area contributed by atoms with Crippen LogP contribution in [0, 0.1) is 5.92 Å². The first kappa shape index (κ1) is 30.7. The van der Waals surface area contributed by atoms with E-state index >= 15 is 0 Å². The quantitative estimate of drug-likeness (QED) is 0.133. The molecule has 0 aliphatic heterocycles. The molecule has 0 aliphatic rings. The fourth-order valence-corrected chi connectivity index (χ4v) is 3.37. The number of phenols is 1. The molecule has 200 valence electrons. The number of nitrogens with two attached hydrogens (primary N) is 2. The lowest BCUT2D eigenvalue weighted by Gasteiger charge is -2.28. The molecule has 0 heterocycles. The van der Waals surface area contributed by atoms with Gasteiger partial charge >= 0.3 is 5.97 Å². The zero-order valence-electron chi connectivity index (χ0n) is 20.3. The maximum atomic E-state index is 13.1. The summed E-state index contributed by atoms with van der Waals surface area (Å²) in [5, 5.41) is 26.5. The van der Waals surface area contributed by atoms with Crippen molar-refractivity contribution in [3.05, 3.63) is 29.8 Å². The highest BCUT2D eigenvalue weighted by Gasteiger charge is 2.32. The van der Waals surface area contributed by atoms with Crippen LogP contribution in [0.3, 0.4) is 0 Å². The summed E-state index contributed by atoms with van der Waals surface area (Å²) in [6.45, 7) is 3.49. The van der Waals surface area contributed by atoms with Gasteiger partial charge in [-0.15, -0.1) is 0 Å². The number of phenolic OH excluding ortho intramolecular Hbond substituents is 1. The molecule has 0 saturated heterocycles. The molecule has 0 aliphatic carbocycles. The monoisotopic (exact) mass is 525 g/mol. The zero-order valence-corrected chi connectivity index (χ0v) is 21.2. The smallest absolute Gasteiger partial charge is 0.326 e. The number of carboxylic acid groups (broad SMARTS) is 1. The van der Waals surface area contributed by atoms with Gasteiger partial charge in [-0.25, -0.2) is 4.79 Å². The van der Waals surface area contributed by atoms with Crippen molar-refractivity contribution in [2.45, 2.75) is 63.7 Å². The van der Waals surface area contributed by atoms with E-state index in [1.807, 2.05) is 0 Å². The third-order valence-corrected chi connectivity index (χ3v) is 6.02. The van der Waals surface area contributed by atoms with Crippen LogP contribution in [0.2, 0.25) is 0 Å². The van der Waals surface area contributed by atoms with Crippen molar-refractivity contribution in [2.75, 3.05) is 5.75 Å². The average Bonchev–Trinajstić information content (AvgIpc) is 2.84. The van der Waals surface area contributed by atoms with Gasteiger partial charge in [0, 0.05) is 18.6 Å². The molecule has 1 aromatic carbocycles. The Morgan fingerprint density at radius 1 is 0.972 bits per heavy atom. The molecular formula is C23H35N5O7S. The van der Waals surface area contributed by atoms with Crippen molar-refractivity contribution in [2.24, 2.45) is 17.4 Å². The molecule has 1 aromatic rings. The Kier molecular flexibility index (Phi) is 12.7. The average molecular weight is 526 g/mol. The molecule has 0 saturated carbocycles. The van der Waals surface area contributed by atoms with Crippen molar-refractivity contribution in [3.63, 3.8) is 0 Å². The number of aromatic hydroxyl groups is 1. The zero-order chi connectivity index (χ0) is 27.4. The second kappa shape index (κ2) is 14.9. The maximum Gasteiger partial charge on any atom is 0.326 e. The van der Waals surface area contributed by atoms with Crippen molar-refractivity contribution in [1.82, 2.24) is 16.0 Å². The molecule has 0 spiro atoms. The van der Waals surface area contributed by atoms with Crippen molar-refractivity contribution >= 4 is 42.2 Å². The number of carboxylic acids is 1. The molecule has 36 heavy (non-hydrogen) atoms. The van der Waals surface area contributed by atoms with Crippen LogP contribution in [0.4, 0.5) is 0 Å². The van der Waals surface area contributed by atoms with Gasteiger partial charge in [0.2, 0.25) is 23.6 Å². The number of benzene rings is 1. The second-order valence-electron chi connectivity index (χ2n) is 8.50. The van der Waals surface area contributed by atoms with Gasteiger partial charge < -0.3 is 37.6 Å². The van der Waals surface area contributed by atoms with E-state index in [9.17, 15) is 34.2 Å². The molecule has 13 heteroatoms. The number of carbonyl (C=O) groups is 5. The minimum atomic E-state index is -1.30. The van der Waals surface area contributed by atoms with Crippen molar-refractivity contribution in [1.29, 1.82) is 0 Å². The summed E-state index contributed by atoms with van der Waals surface area (Å²) in [5.74, 6) is -4.47. The lowest BCUT2D eigenvalue weighted by molar-refractivity contribution is -0.142. The topological polar surface area (TPSA) is 214 Å². The predicted molar refractivity (Wildman–Crippen MR) is 135 cm³/mol. The molecule has 0 radical (unpaired) electrons. The number of nitrogens with one attached hydrogen (secondary N) is 3. The number of aliphatic carboxylic acids is 1. The van der Waals surface area contributed by atoms with Gasteiger partial charge in [-0.1, -0.05) is 32.4 Å². The summed E-state index contributed by atoms with van der Waals surface area (Å²) in [7, 11) is 0. The first-order valence-electron chi connectivity index (χ1n) is 11.5. The van der Waals surface area contributed by atoms with Gasteiger partial charge in [0.15, 0.2) is 0 Å². The minimum absolute atomic E-state index is 0.0162. The van der Waals surface area contributed by atoms with Crippen LogP contribution >= 0.6 is 12.6 Å². The summed E-state index contributed by atoms with van der Waals surface area (Å²) in [4.78, 5) is 61.4. The third-order valence-electron chi connectivity index (χ3n) is 5.63. The number of primary amides is 1. The van der Waals surface area contributed by atoms with E-state index in [-0.39, 0.29) is 30.8 Å². The fraction of sp³-hybridized carbons (Fsp3) is 0.522. The molecule has 5 unspecified atom stereocenters. The fourth-order valence-electron chi connectivity index (χ4n) is 3.20. The Balaban J connectivity index is 3.05. The van der Waals surface area contributed by atoms with Crippen LogP contribution in [-0.4, -0.2) is 69.7 Å². The highest BCUT2D eigenvalue weighted by atomic mass is 32.1. The van der Waals surface area contributed by atoms with E-state index in [4.69, 9.17) is 11.5 Å². The van der Waals surface area contributed by atoms with Crippen LogP contribution in [0.5, 0.6) is 5.75 Å². The molecular weight excluding hydrogens is 490 g/mol. The molecule has 0 fully saturated rings.